The van der Waals surface area contributed by atoms with Crippen LogP contribution in [-0.2, 0) is 20.7 Å². The Balaban J connectivity index is 1.66. The summed E-state index contributed by atoms with van der Waals surface area (Å²) in [5, 5.41) is 1.01. The molecule has 5 nitrogen and oxygen atoms in total. The van der Waals surface area contributed by atoms with Crippen LogP contribution in [0.3, 0.4) is 0 Å². The van der Waals surface area contributed by atoms with Crippen LogP contribution in [0.25, 0.3) is 10.9 Å². The van der Waals surface area contributed by atoms with Crippen molar-refractivity contribution in [2.24, 2.45) is 5.41 Å². The fourth-order valence-corrected chi connectivity index (χ4v) is 5.92. The Morgan fingerprint density at radius 2 is 1.62 bits per heavy atom. The van der Waals surface area contributed by atoms with Crippen molar-refractivity contribution in [3.63, 3.8) is 0 Å². The van der Waals surface area contributed by atoms with Crippen molar-refractivity contribution in [2.75, 3.05) is 13.2 Å². The summed E-state index contributed by atoms with van der Waals surface area (Å²) in [6.45, 7) is 7.97. The third-order valence-electron chi connectivity index (χ3n) is 7.87. The molecule has 218 valence electrons. The van der Waals surface area contributed by atoms with E-state index in [0.717, 1.165) is 33.3 Å². The molecule has 0 amide bonds. The molecule has 0 spiro atoms. The van der Waals surface area contributed by atoms with Gasteiger partial charge in [-0.25, -0.2) is 13.8 Å². The van der Waals surface area contributed by atoms with Crippen molar-refractivity contribution in [3.8, 4) is 0 Å². The average molecular weight is 568 g/mol. The quantitative estimate of drug-likeness (QED) is 0.128. The molecule has 4 aromatic rings. The van der Waals surface area contributed by atoms with E-state index in [1.54, 1.807) is 4.57 Å². The largest absolute Gasteiger partial charge is 0.465 e. The molecule has 0 bridgehead atoms. The number of carbonyl (C=O) groups excluding carboxylic acids is 2. The first-order valence-electron chi connectivity index (χ1n) is 14.7. The molecule has 0 fully saturated rings. The minimum absolute atomic E-state index is 0.0991. The second kappa shape index (κ2) is 12.4. The van der Waals surface area contributed by atoms with Gasteiger partial charge in [0.1, 0.15) is 5.82 Å². The number of benzene rings is 3. The Kier molecular flexibility index (Phi) is 8.62. The van der Waals surface area contributed by atoms with E-state index in [1.165, 1.54) is 17.7 Å². The van der Waals surface area contributed by atoms with Crippen LogP contribution in [0.15, 0.2) is 90.5 Å². The molecule has 0 saturated heterocycles. The molecule has 1 heterocycles. The molecule has 0 saturated carbocycles. The molecular formula is C36H38FNO4. The maximum atomic E-state index is 14.0. The Morgan fingerprint density at radius 1 is 0.929 bits per heavy atom. The summed E-state index contributed by atoms with van der Waals surface area (Å²) in [6, 6.07) is 24.9. The highest BCUT2D eigenvalue weighted by Gasteiger charge is 2.39. The number of halogens is 1. The molecule has 6 heteroatoms. The lowest BCUT2D eigenvalue weighted by Crippen LogP contribution is -2.25. The van der Waals surface area contributed by atoms with Gasteiger partial charge in [-0.05, 0) is 81.8 Å². The van der Waals surface area contributed by atoms with Gasteiger partial charge in [0.2, 0.25) is 0 Å². The number of aromatic nitrogens is 1. The second-order valence-corrected chi connectivity index (χ2v) is 11.8. The van der Waals surface area contributed by atoms with Crippen molar-refractivity contribution in [1.82, 2.24) is 4.57 Å². The van der Waals surface area contributed by atoms with Crippen LogP contribution in [0.2, 0.25) is 0 Å². The SMILES string of the molecule is CCOC(=O)n1c2c(c3ccccc31)[C@H](c1ccccc1)/C(=C/CCCOC(=O)C(C)(C)C)[C@@H](c1ccc(F)cc1)C2. The van der Waals surface area contributed by atoms with Crippen LogP contribution in [0.1, 0.15) is 74.8 Å². The van der Waals surface area contributed by atoms with E-state index in [1.807, 2.05) is 76.2 Å². The number of para-hydroxylation sites is 1. The molecule has 3 aromatic carbocycles. The van der Waals surface area contributed by atoms with Crippen LogP contribution in [0.5, 0.6) is 0 Å². The molecule has 0 unspecified atom stereocenters. The molecule has 1 aromatic heterocycles. The Hall–Kier alpha value is -4.19. The van der Waals surface area contributed by atoms with Crippen LogP contribution < -0.4 is 0 Å². The van der Waals surface area contributed by atoms with Gasteiger partial charge in [0.05, 0.1) is 24.1 Å². The highest BCUT2D eigenvalue weighted by atomic mass is 19.1. The molecule has 0 radical (unpaired) electrons. The number of unbranched alkanes of at least 4 members (excludes halogenated alkanes) is 1. The Morgan fingerprint density at radius 3 is 2.31 bits per heavy atom. The van der Waals surface area contributed by atoms with E-state index < -0.39 is 11.5 Å². The van der Waals surface area contributed by atoms with E-state index in [2.05, 4.69) is 24.3 Å². The molecular weight excluding hydrogens is 529 g/mol. The minimum Gasteiger partial charge on any atom is -0.465 e. The van der Waals surface area contributed by atoms with Crippen molar-refractivity contribution in [3.05, 3.63) is 119 Å². The third-order valence-corrected chi connectivity index (χ3v) is 7.87. The molecule has 5 rings (SSSR count). The fraction of sp³-hybridized carbons (Fsp3) is 0.333. The minimum atomic E-state index is -0.544. The number of carbonyl (C=O) groups is 2. The smallest absolute Gasteiger partial charge is 0.418 e. The number of ether oxygens (including phenoxy) is 2. The number of hydrogen-bond donors (Lipinski definition) is 0. The highest BCUT2D eigenvalue weighted by molar-refractivity contribution is 5.95. The van der Waals surface area contributed by atoms with Crippen LogP contribution in [0.4, 0.5) is 9.18 Å². The Bertz CT molecular complexity index is 1600. The summed E-state index contributed by atoms with van der Waals surface area (Å²) in [5.74, 6) is -0.738. The lowest BCUT2D eigenvalue weighted by molar-refractivity contribution is -0.153. The number of hydrogen-bond acceptors (Lipinski definition) is 4. The molecule has 42 heavy (non-hydrogen) atoms. The van der Waals surface area contributed by atoms with Crippen molar-refractivity contribution < 1.29 is 23.5 Å². The van der Waals surface area contributed by atoms with Gasteiger partial charge in [0, 0.05) is 22.9 Å². The van der Waals surface area contributed by atoms with Gasteiger partial charge in [-0.2, -0.15) is 0 Å². The van der Waals surface area contributed by atoms with Gasteiger partial charge in [0.25, 0.3) is 0 Å². The number of fused-ring (bicyclic) bond motifs is 3. The molecule has 0 aliphatic heterocycles. The lowest BCUT2D eigenvalue weighted by Gasteiger charge is -2.35. The monoisotopic (exact) mass is 567 g/mol. The summed E-state index contributed by atoms with van der Waals surface area (Å²) in [6.07, 6.45) is 3.81. The van der Waals surface area contributed by atoms with Gasteiger partial charge in [-0.3, -0.25) is 4.79 Å². The molecule has 0 N–H and O–H groups in total. The zero-order valence-electron chi connectivity index (χ0n) is 24.7. The summed E-state index contributed by atoms with van der Waals surface area (Å²) in [7, 11) is 0. The van der Waals surface area contributed by atoms with Gasteiger partial charge >= 0.3 is 12.1 Å². The van der Waals surface area contributed by atoms with Crippen molar-refractivity contribution >= 4 is 23.0 Å². The summed E-state index contributed by atoms with van der Waals surface area (Å²) >= 11 is 0. The summed E-state index contributed by atoms with van der Waals surface area (Å²) in [5.41, 5.74) is 5.56. The first kappa shape index (κ1) is 29.3. The van der Waals surface area contributed by atoms with E-state index >= 15 is 0 Å². The third kappa shape index (κ3) is 5.89. The van der Waals surface area contributed by atoms with Crippen LogP contribution >= 0.6 is 0 Å². The van der Waals surface area contributed by atoms with Gasteiger partial charge in [-0.15, -0.1) is 0 Å². The maximum absolute atomic E-state index is 14.0. The van der Waals surface area contributed by atoms with Crippen molar-refractivity contribution in [1.29, 1.82) is 0 Å². The summed E-state index contributed by atoms with van der Waals surface area (Å²) in [4.78, 5) is 25.7. The lowest BCUT2D eigenvalue weighted by atomic mass is 9.69. The van der Waals surface area contributed by atoms with Gasteiger partial charge in [0.15, 0.2) is 0 Å². The van der Waals surface area contributed by atoms with Gasteiger partial charge in [-0.1, -0.05) is 72.3 Å². The fourth-order valence-electron chi connectivity index (χ4n) is 5.92. The zero-order chi connectivity index (χ0) is 29.9. The number of nitrogens with zero attached hydrogens (tertiary/aromatic N) is 1. The zero-order valence-corrected chi connectivity index (χ0v) is 24.7. The number of esters is 1. The van der Waals surface area contributed by atoms with Crippen LogP contribution in [-0.4, -0.2) is 29.8 Å². The van der Waals surface area contributed by atoms with Crippen LogP contribution in [0, 0.1) is 11.2 Å². The predicted molar refractivity (Wildman–Crippen MR) is 163 cm³/mol. The van der Waals surface area contributed by atoms with E-state index in [4.69, 9.17) is 9.47 Å². The number of rotatable bonds is 7. The molecule has 1 aliphatic carbocycles. The van der Waals surface area contributed by atoms with Crippen molar-refractivity contribution in [2.45, 2.75) is 58.8 Å². The molecule has 1 aliphatic rings. The average Bonchev–Trinajstić information content (AvgIpc) is 3.31. The second-order valence-electron chi connectivity index (χ2n) is 11.8. The first-order chi connectivity index (χ1) is 20.2. The topological polar surface area (TPSA) is 57.5 Å². The first-order valence-corrected chi connectivity index (χ1v) is 14.7. The van der Waals surface area contributed by atoms with E-state index in [0.29, 0.717) is 25.9 Å². The Labute approximate surface area is 247 Å². The van der Waals surface area contributed by atoms with E-state index in [9.17, 15) is 14.0 Å². The number of allylic oxidation sites excluding steroid dienone is 2. The highest BCUT2D eigenvalue weighted by Crippen LogP contribution is 2.51. The summed E-state index contributed by atoms with van der Waals surface area (Å²) < 4.78 is 26.8. The normalized spacial score (nSPS) is 17.7. The van der Waals surface area contributed by atoms with E-state index in [-0.39, 0.29) is 30.2 Å². The maximum Gasteiger partial charge on any atom is 0.418 e. The standard InChI is InChI=1S/C36H38FNO4/c1-5-41-35(40)38-30-17-10-9-16-28(30)33-31(38)23-29(24-18-20-26(37)21-19-24)27(32(33)25-13-7-6-8-14-25)15-11-12-22-42-34(39)36(2,3)4/h6-10,13-21,29,32H,5,11-12,22-23H2,1-4H3/b27-15+/t29-,32-/m1/s1. The van der Waals surface area contributed by atoms with Gasteiger partial charge < -0.3 is 9.47 Å². The predicted octanol–water partition coefficient (Wildman–Crippen LogP) is 8.55. The molecule has 2 atom stereocenters.